The number of rotatable bonds is 6. The van der Waals surface area contributed by atoms with E-state index in [9.17, 15) is 19.6 Å². The minimum atomic E-state index is -0.580. The van der Waals surface area contributed by atoms with Crippen LogP contribution in [-0.2, 0) is 16.1 Å². The number of H-pyrrole nitrogens is 1. The fraction of sp³-hybridized carbons (Fsp3) is 0.375. The molecule has 1 atom stereocenters. The maximum atomic E-state index is 15.1. The minimum Gasteiger partial charge on any atom is -0.442 e. The standard InChI is InChI=1S/C24H25FN8O4/c1-15(34)27-12-19-14-32(24(36)37-19)18-2-3-21(20(25)9-18)31-6-4-30(5-7-31)13-17-8-22(35)33-23(29-17)16(10-26)11-28-33/h2-3,8-9,11,19,28H,4-7,12-14H2,1H3,(H,27,34)/t19-/m0/s1. The Morgan fingerprint density at radius 3 is 2.76 bits per heavy atom. The van der Waals surface area contributed by atoms with Gasteiger partial charge >= 0.3 is 6.09 Å². The molecule has 0 bridgehead atoms. The molecular weight excluding hydrogens is 483 g/mol. The number of anilines is 2. The molecule has 0 radical (unpaired) electrons. The third-order valence-electron chi connectivity index (χ3n) is 6.47. The Hall–Kier alpha value is -4.44. The molecule has 12 nitrogen and oxygen atoms in total. The number of carbonyl (C=O) groups is 2. The van der Waals surface area contributed by atoms with Gasteiger partial charge in [-0.2, -0.15) is 5.26 Å². The number of piperazine rings is 1. The van der Waals surface area contributed by atoms with E-state index in [1.165, 1.54) is 34.7 Å². The fourth-order valence-electron chi connectivity index (χ4n) is 4.58. The summed E-state index contributed by atoms with van der Waals surface area (Å²) in [5.74, 6) is -0.661. The maximum Gasteiger partial charge on any atom is 0.414 e. The lowest BCUT2D eigenvalue weighted by Gasteiger charge is -2.36. The van der Waals surface area contributed by atoms with Crippen LogP contribution >= 0.6 is 0 Å². The summed E-state index contributed by atoms with van der Waals surface area (Å²) in [7, 11) is 0. The summed E-state index contributed by atoms with van der Waals surface area (Å²) in [6.07, 6.45) is 0.370. The molecule has 37 heavy (non-hydrogen) atoms. The molecule has 2 aliphatic rings. The van der Waals surface area contributed by atoms with Crippen LogP contribution in [0.25, 0.3) is 5.65 Å². The van der Waals surface area contributed by atoms with Crippen molar-refractivity contribution in [1.82, 2.24) is 24.8 Å². The highest BCUT2D eigenvalue weighted by molar-refractivity contribution is 5.90. The van der Waals surface area contributed by atoms with Crippen LogP contribution in [0, 0.1) is 17.1 Å². The lowest BCUT2D eigenvalue weighted by Crippen LogP contribution is -2.46. The van der Waals surface area contributed by atoms with E-state index in [1.54, 1.807) is 12.1 Å². The highest BCUT2D eigenvalue weighted by Crippen LogP contribution is 2.28. The second-order valence-corrected chi connectivity index (χ2v) is 9.00. The van der Waals surface area contributed by atoms with Crippen LogP contribution in [0.3, 0.4) is 0 Å². The van der Waals surface area contributed by atoms with Crippen molar-refractivity contribution >= 4 is 29.0 Å². The van der Waals surface area contributed by atoms with Crippen LogP contribution < -0.4 is 20.7 Å². The Morgan fingerprint density at radius 1 is 1.27 bits per heavy atom. The zero-order chi connectivity index (χ0) is 26.1. The van der Waals surface area contributed by atoms with Crippen LogP contribution in [0.5, 0.6) is 0 Å². The molecule has 0 saturated carbocycles. The second kappa shape index (κ2) is 9.90. The van der Waals surface area contributed by atoms with Gasteiger partial charge in [-0.15, -0.1) is 0 Å². The van der Waals surface area contributed by atoms with Crippen molar-refractivity contribution < 1.29 is 18.7 Å². The number of ether oxygens (including phenoxy) is 1. The number of aromatic nitrogens is 3. The molecule has 2 aliphatic heterocycles. The van der Waals surface area contributed by atoms with Gasteiger partial charge in [0, 0.05) is 51.9 Å². The molecule has 13 heteroatoms. The van der Waals surface area contributed by atoms with E-state index in [2.05, 4.69) is 20.3 Å². The zero-order valence-corrected chi connectivity index (χ0v) is 20.1. The maximum absolute atomic E-state index is 15.1. The predicted octanol–water partition coefficient (Wildman–Crippen LogP) is 0.817. The molecule has 0 unspecified atom stereocenters. The molecular formula is C24H25FN8O4. The van der Waals surface area contributed by atoms with E-state index in [-0.39, 0.29) is 24.6 Å². The van der Waals surface area contributed by atoms with E-state index in [0.717, 1.165) is 0 Å². The summed E-state index contributed by atoms with van der Waals surface area (Å²) >= 11 is 0. The monoisotopic (exact) mass is 508 g/mol. The number of nitrogens with one attached hydrogen (secondary N) is 2. The molecule has 2 N–H and O–H groups in total. The number of nitriles is 1. The van der Waals surface area contributed by atoms with Crippen LogP contribution in [0.15, 0.2) is 35.3 Å². The molecule has 2 fully saturated rings. The average molecular weight is 509 g/mol. The van der Waals surface area contributed by atoms with Crippen LogP contribution in [-0.4, -0.2) is 76.9 Å². The molecule has 4 heterocycles. The lowest BCUT2D eigenvalue weighted by molar-refractivity contribution is -0.119. The second-order valence-electron chi connectivity index (χ2n) is 9.00. The SMILES string of the molecule is CC(=O)NC[C@H]1CN(c2ccc(N3CCN(Cc4cc(=O)n5[nH]cc(C#N)c5n4)CC3)c(F)c2)C(=O)O1. The molecule has 0 spiro atoms. The van der Waals surface area contributed by atoms with Crippen LogP contribution in [0.2, 0.25) is 0 Å². The van der Waals surface area contributed by atoms with Gasteiger partial charge < -0.3 is 15.0 Å². The zero-order valence-electron chi connectivity index (χ0n) is 20.1. The van der Waals surface area contributed by atoms with Crippen molar-refractivity contribution in [3.63, 3.8) is 0 Å². The first-order valence-electron chi connectivity index (χ1n) is 11.8. The van der Waals surface area contributed by atoms with Gasteiger partial charge in [0.05, 0.1) is 30.2 Å². The van der Waals surface area contributed by atoms with E-state index >= 15 is 4.39 Å². The number of aromatic amines is 1. The van der Waals surface area contributed by atoms with Gasteiger partial charge in [0.2, 0.25) is 5.91 Å². The van der Waals surface area contributed by atoms with Gasteiger partial charge in [-0.1, -0.05) is 0 Å². The third-order valence-corrected chi connectivity index (χ3v) is 6.47. The first kappa shape index (κ1) is 24.3. The summed E-state index contributed by atoms with van der Waals surface area (Å²) in [6, 6.07) is 8.12. The minimum absolute atomic E-state index is 0.200. The van der Waals surface area contributed by atoms with Crippen LogP contribution in [0.4, 0.5) is 20.6 Å². The number of fused-ring (bicyclic) bond motifs is 1. The van der Waals surface area contributed by atoms with Crippen molar-refractivity contribution in [2.24, 2.45) is 0 Å². The first-order chi connectivity index (χ1) is 17.8. The van der Waals surface area contributed by atoms with Crippen molar-refractivity contribution in [3.05, 3.63) is 57.9 Å². The summed E-state index contributed by atoms with van der Waals surface area (Å²) in [4.78, 5) is 45.5. The fourth-order valence-corrected chi connectivity index (χ4v) is 4.58. The van der Waals surface area contributed by atoms with Gasteiger partial charge in [-0.05, 0) is 18.2 Å². The summed E-state index contributed by atoms with van der Waals surface area (Å²) < 4.78 is 21.6. The third kappa shape index (κ3) is 4.96. The number of halogens is 1. The summed E-state index contributed by atoms with van der Waals surface area (Å²) in [5.41, 5.74) is 1.71. The number of hydrogen-bond donors (Lipinski definition) is 2. The Morgan fingerprint density at radius 2 is 2.05 bits per heavy atom. The number of carbonyl (C=O) groups excluding carboxylic acids is 2. The Labute approximate surface area is 210 Å². The van der Waals surface area contributed by atoms with E-state index < -0.39 is 18.0 Å². The molecule has 0 aliphatic carbocycles. The Kier molecular flexibility index (Phi) is 6.49. The van der Waals surface area contributed by atoms with Crippen LogP contribution in [0.1, 0.15) is 18.2 Å². The van der Waals surface area contributed by atoms with Gasteiger partial charge in [-0.3, -0.25) is 24.5 Å². The molecule has 3 aromatic rings. The number of cyclic esters (lactones) is 1. The lowest BCUT2D eigenvalue weighted by atomic mass is 10.2. The molecule has 2 aromatic heterocycles. The highest BCUT2D eigenvalue weighted by atomic mass is 19.1. The quantitative estimate of drug-likeness (QED) is 0.499. The largest absolute Gasteiger partial charge is 0.442 e. The molecule has 192 valence electrons. The van der Waals surface area contributed by atoms with Gasteiger partial charge in [0.25, 0.3) is 5.56 Å². The number of nitrogens with zero attached hydrogens (tertiary/aromatic N) is 6. The summed E-state index contributed by atoms with van der Waals surface area (Å²) in [5, 5.41) is 14.6. The molecule has 2 amide bonds. The smallest absolute Gasteiger partial charge is 0.414 e. The van der Waals surface area contributed by atoms with Gasteiger partial charge in [0.15, 0.2) is 5.65 Å². The van der Waals surface area contributed by atoms with Crippen molar-refractivity contribution in [3.8, 4) is 6.07 Å². The van der Waals surface area contributed by atoms with Gasteiger partial charge in [-0.25, -0.2) is 18.7 Å². The van der Waals surface area contributed by atoms with Crippen molar-refractivity contribution in [1.29, 1.82) is 5.26 Å². The normalized spacial score (nSPS) is 18.2. The molecule has 2 saturated heterocycles. The van der Waals surface area contributed by atoms with Crippen molar-refractivity contribution in [2.45, 2.75) is 19.6 Å². The first-order valence-corrected chi connectivity index (χ1v) is 11.8. The Balaban J connectivity index is 1.21. The number of benzene rings is 1. The van der Waals surface area contributed by atoms with E-state index in [1.807, 2.05) is 11.0 Å². The molecule has 1 aromatic carbocycles. The Bertz CT molecular complexity index is 1450. The topological polar surface area (TPSA) is 139 Å². The van der Waals surface area contributed by atoms with E-state index in [0.29, 0.717) is 61.0 Å². The summed E-state index contributed by atoms with van der Waals surface area (Å²) in [6.45, 7) is 4.63. The van der Waals surface area contributed by atoms with Gasteiger partial charge in [0.1, 0.15) is 23.6 Å². The van der Waals surface area contributed by atoms with E-state index in [4.69, 9.17) is 4.74 Å². The number of amides is 2. The average Bonchev–Trinajstić information content (AvgIpc) is 3.46. The predicted molar refractivity (Wildman–Crippen MR) is 131 cm³/mol. The number of hydrogen-bond acceptors (Lipinski definition) is 8. The van der Waals surface area contributed by atoms with Crippen molar-refractivity contribution in [2.75, 3.05) is 49.1 Å². The highest BCUT2D eigenvalue weighted by Gasteiger charge is 2.33. The molecule has 5 rings (SSSR count).